The number of hydrogen-bond donors (Lipinski definition) is 1. The summed E-state index contributed by atoms with van der Waals surface area (Å²) in [5, 5.41) is 2.54. The van der Waals surface area contributed by atoms with Crippen molar-refractivity contribution in [1.29, 1.82) is 0 Å². The lowest BCUT2D eigenvalue weighted by molar-refractivity contribution is -0.119. The van der Waals surface area contributed by atoms with E-state index in [0.717, 1.165) is 0 Å². The standard InChI is InChI=1S/C18H16ClFN2O4S/c1-11-10-27(25,26)22(18(11)24)13-6-7-14(15(19)8-13)17(23)21-9-12-4-2-3-5-16(12)20/h2-8,11H,9-10H2,1H3,(H,21,23). The highest BCUT2D eigenvalue weighted by molar-refractivity contribution is 7.94. The topological polar surface area (TPSA) is 83.6 Å². The van der Waals surface area contributed by atoms with Gasteiger partial charge in [0.15, 0.2) is 0 Å². The molecule has 0 aliphatic carbocycles. The fourth-order valence-corrected chi connectivity index (χ4v) is 4.89. The summed E-state index contributed by atoms with van der Waals surface area (Å²) >= 11 is 6.13. The van der Waals surface area contributed by atoms with Crippen LogP contribution in [0.25, 0.3) is 0 Å². The van der Waals surface area contributed by atoms with Crippen LogP contribution in [0.2, 0.25) is 5.02 Å². The molecule has 1 N–H and O–H groups in total. The van der Waals surface area contributed by atoms with Crippen molar-refractivity contribution in [3.63, 3.8) is 0 Å². The molecule has 9 heteroatoms. The zero-order valence-electron chi connectivity index (χ0n) is 14.3. The lowest BCUT2D eigenvalue weighted by atomic mass is 10.1. The second kappa shape index (κ2) is 7.28. The smallest absolute Gasteiger partial charge is 0.253 e. The molecule has 1 heterocycles. The number of hydrogen-bond acceptors (Lipinski definition) is 4. The van der Waals surface area contributed by atoms with Gasteiger partial charge in [-0.05, 0) is 24.3 Å². The Kier molecular flexibility index (Phi) is 5.21. The predicted octanol–water partition coefficient (Wildman–Crippen LogP) is 2.72. The minimum absolute atomic E-state index is 0.0129. The summed E-state index contributed by atoms with van der Waals surface area (Å²) in [5.41, 5.74) is 0.496. The molecule has 0 saturated carbocycles. The minimum Gasteiger partial charge on any atom is -0.348 e. The molecule has 142 valence electrons. The second-order valence-corrected chi connectivity index (χ2v) is 8.49. The van der Waals surface area contributed by atoms with Crippen LogP contribution in [0.4, 0.5) is 10.1 Å². The highest BCUT2D eigenvalue weighted by Gasteiger charge is 2.42. The highest BCUT2D eigenvalue weighted by Crippen LogP contribution is 2.31. The van der Waals surface area contributed by atoms with Gasteiger partial charge in [0, 0.05) is 12.1 Å². The summed E-state index contributed by atoms with van der Waals surface area (Å²) in [5.74, 6) is -2.43. The van der Waals surface area contributed by atoms with Gasteiger partial charge >= 0.3 is 0 Å². The second-order valence-electron chi connectivity index (χ2n) is 6.22. The van der Waals surface area contributed by atoms with Crippen molar-refractivity contribution in [1.82, 2.24) is 5.32 Å². The summed E-state index contributed by atoms with van der Waals surface area (Å²) in [4.78, 5) is 24.4. The number of amides is 2. The molecule has 0 spiro atoms. The third-order valence-corrected chi connectivity index (χ3v) is 6.37. The highest BCUT2D eigenvalue weighted by atomic mass is 35.5. The Labute approximate surface area is 161 Å². The molecule has 1 aliphatic rings. The average Bonchev–Trinajstić information content (AvgIpc) is 2.81. The molecular formula is C18H16ClFN2O4S. The first kappa shape index (κ1) is 19.3. The van der Waals surface area contributed by atoms with Crippen molar-refractivity contribution in [2.75, 3.05) is 10.1 Å². The van der Waals surface area contributed by atoms with Crippen LogP contribution in [0.5, 0.6) is 0 Å². The first-order valence-corrected chi connectivity index (χ1v) is 10.1. The summed E-state index contributed by atoms with van der Waals surface area (Å²) < 4.78 is 38.6. The van der Waals surface area contributed by atoms with Crippen molar-refractivity contribution < 1.29 is 22.4 Å². The van der Waals surface area contributed by atoms with Crippen LogP contribution in [0.15, 0.2) is 42.5 Å². The number of carbonyl (C=O) groups is 2. The van der Waals surface area contributed by atoms with Crippen molar-refractivity contribution >= 4 is 39.1 Å². The van der Waals surface area contributed by atoms with E-state index >= 15 is 0 Å². The summed E-state index contributed by atoms with van der Waals surface area (Å²) in [7, 11) is -3.76. The van der Waals surface area contributed by atoms with Gasteiger partial charge in [0.2, 0.25) is 15.9 Å². The molecule has 0 bridgehead atoms. The fraction of sp³-hybridized carbons (Fsp3) is 0.222. The summed E-state index contributed by atoms with van der Waals surface area (Å²) in [6, 6.07) is 9.97. The van der Waals surface area contributed by atoms with Crippen LogP contribution < -0.4 is 9.62 Å². The van der Waals surface area contributed by atoms with Crippen molar-refractivity contribution in [3.8, 4) is 0 Å². The van der Waals surface area contributed by atoms with Crippen molar-refractivity contribution in [3.05, 3.63) is 64.4 Å². The van der Waals surface area contributed by atoms with Crippen LogP contribution in [0.3, 0.4) is 0 Å². The molecule has 6 nitrogen and oxygen atoms in total. The van der Waals surface area contributed by atoms with Gasteiger partial charge in [-0.2, -0.15) is 0 Å². The van der Waals surface area contributed by atoms with Gasteiger partial charge in [0.05, 0.1) is 27.9 Å². The maximum atomic E-state index is 13.6. The third-order valence-electron chi connectivity index (χ3n) is 4.19. The predicted molar refractivity (Wildman–Crippen MR) is 99.5 cm³/mol. The molecule has 1 saturated heterocycles. The molecule has 1 atom stereocenters. The van der Waals surface area contributed by atoms with Gasteiger partial charge in [-0.25, -0.2) is 17.1 Å². The lowest BCUT2D eigenvalue weighted by Gasteiger charge is -2.16. The Balaban J connectivity index is 1.80. The molecule has 2 amide bonds. The van der Waals surface area contributed by atoms with E-state index < -0.39 is 33.6 Å². The quantitative estimate of drug-likeness (QED) is 0.840. The van der Waals surface area contributed by atoms with Crippen LogP contribution in [0.1, 0.15) is 22.8 Å². The first-order valence-electron chi connectivity index (χ1n) is 8.08. The normalized spacial score (nSPS) is 18.6. The number of benzene rings is 2. The van der Waals surface area contributed by atoms with E-state index in [-0.39, 0.29) is 28.6 Å². The van der Waals surface area contributed by atoms with Gasteiger partial charge in [-0.3, -0.25) is 9.59 Å². The van der Waals surface area contributed by atoms with Gasteiger partial charge in [-0.15, -0.1) is 0 Å². The zero-order valence-corrected chi connectivity index (χ0v) is 15.8. The number of sulfonamides is 1. The molecular weight excluding hydrogens is 395 g/mol. The average molecular weight is 411 g/mol. The first-order chi connectivity index (χ1) is 12.7. The maximum Gasteiger partial charge on any atom is 0.253 e. The maximum absolute atomic E-state index is 13.6. The molecule has 0 aromatic heterocycles. The fourth-order valence-electron chi connectivity index (χ4n) is 2.81. The van der Waals surface area contributed by atoms with E-state index in [4.69, 9.17) is 11.6 Å². The van der Waals surface area contributed by atoms with E-state index in [0.29, 0.717) is 9.87 Å². The summed E-state index contributed by atoms with van der Waals surface area (Å²) in [6.07, 6.45) is 0. The molecule has 1 aliphatic heterocycles. The Morgan fingerprint density at radius 3 is 2.59 bits per heavy atom. The largest absolute Gasteiger partial charge is 0.348 e. The molecule has 0 radical (unpaired) electrons. The number of anilines is 1. The van der Waals surface area contributed by atoms with Crippen LogP contribution >= 0.6 is 11.6 Å². The molecule has 1 fully saturated rings. The molecule has 27 heavy (non-hydrogen) atoms. The van der Waals surface area contributed by atoms with Crippen LogP contribution in [0, 0.1) is 11.7 Å². The van der Waals surface area contributed by atoms with Crippen LogP contribution in [-0.4, -0.2) is 26.0 Å². The number of rotatable bonds is 4. The van der Waals surface area contributed by atoms with Gasteiger partial charge in [-0.1, -0.05) is 36.7 Å². The Morgan fingerprint density at radius 1 is 1.30 bits per heavy atom. The van der Waals surface area contributed by atoms with Crippen LogP contribution in [-0.2, 0) is 21.4 Å². The van der Waals surface area contributed by atoms with Gasteiger partial charge in [0.1, 0.15) is 5.82 Å². The van der Waals surface area contributed by atoms with Gasteiger partial charge < -0.3 is 5.32 Å². The number of carbonyl (C=O) groups excluding carboxylic acids is 2. The molecule has 2 aromatic carbocycles. The minimum atomic E-state index is -3.76. The Morgan fingerprint density at radius 2 is 2.00 bits per heavy atom. The molecule has 2 aromatic rings. The zero-order chi connectivity index (χ0) is 19.8. The summed E-state index contributed by atoms with van der Waals surface area (Å²) in [6.45, 7) is 1.51. The van der Waals surface area contributed by atoms with E-state index in [1.807, 2.05) is 0 Å². The number of halogens is 2. The van der Waals surface area contributed by atoms with Crippen molar-refractivity contribution in [2.24, 2.45) is 5.92 Å². The number of nitrogens with zero attached hydrogens (tertiary/aromatic N) is 1. The van der Waals surface area contributed by atoms with E-state index in [9.17, 15) is 22.4 Å². The van der Waals surface area contributed by atoms with E-state index in [2.05, 4.69) is 5.32 Å². The van der Waals surface area contributed by atoms with Gasteiger partial charge in [0.25, 0.3) is 5.91 Å². The SMILES string of the molecule is CC1CS(=O)(=O)N(c2ccc(C(=O)NCc3ccccc3F)c(Cl)c2)C1=O. The Bertz CT molecular complexity index is 1030. The molecule has 1 unspecified atom stereocenters. The van der Waals surface area contributed by atoms with Crippen molar-refractivity contribution in [2.45, 2.75) is 13.5 Å². The Hall–Kier alpha value is -2.45. The monoisotopic (exact) mass is 410 g/mol. The lowest BCUT2D eigenvalue weighted by Crippen LogP contribution is -2.30. The van der Waals surface area contributed by atoms with E-state index in [1.54, 1.807) is 18.2 Å². The number of nitrogens with one attached hydrogen (secondary N) is 1. The van der Waals surface area contributed by atoms with E-state index in [1.165, 1.54) is 31.2 Å². The third kappa shape index (κ3) is 3.81. The molecule has 3 rings (SSSR count).